The molecule has 1 N–H and O–H groups in total. The average Bonchev–Trinajstić information content (AvgIpc) is 2.47. The Morgan fingerprint density at radius 3 is 2.93 bits per heavy atom. The lowest BCUT2D eigenvalue weighted by atomic mass is 10.00. The van der Waals surface area contributed by atoms with Gasteiger partial charge in [0, 0.05) is 5.54 Å². The fraction of sp³-hybridized carbons (Fsp3) is 1.00. The predicted molar refractivity (Wildman–Crippen MR) is 61.6 cm³/mol. The lowest BCUT2D eigenvalue weighted by Gasteiger charge is -2.24. The molecule has 2 rings (SSSR count). The van der Waals surface area contributed by atoms with Gasteiger partial charge in [-0.1, -0.05) is 0 Å². The van der Waals surface area contributed by atoms with Gasteiger partial charge in [-0.05, 0) is 50.5 Å². The smallest absolute Gasteiger partial charge is 0.108 e. The Morgan fingerprint density at radius 1 is 1.50 bits per heavy atom. The Labute approximate surface area is 91.2 Å². The van der Waals surface area contributed by atoms with Crippen LogP contribution in [-0.4, -0.2) is 29.9 Å². The van der Waals surface area contributed by atoms with Gasteiger partial charge in [-0.3, -0.25) is 5.32 Å². The summed E-state index contributed by atoms with van der Waals surface area (Å²) in [6.45, 7) is 5.28. The highest BCUT2D eigenvalue weighted by Crippen LogP contribution is 2.28. The van der Waals surface area contributed by atoms with Gasteiger partial charge >= 0.3 is 0 Å². The molecule has 0 radical (unpaired) electrons. The number of hydrogen-bond donors (Lipinski definition) is 1. The molecule has 2 fully saturated rings. The Bertz CT molecular complexity index is 190. The van der Waals surface area contributed by atoms with E-state index in [-0.39, 0.29) is 5.54 Å². The molecule has 2 atom stereocenters. The molecule has 82 valence electrons. The van der Waals surface area contributed by atoms with Crippen molar-refractivity contribution in [1.82, 2.24) is 5.32 Å². The van der Waals surface area contributed by atoms with E-state index in [4.69, 9.17) is 4.74 Å². The van der Waals surface area contributed by atoms with Crippen molar-refractivity contribution in [3.63, 3.8) is 0 Å². The van der Waals surface area contributed by atoms with Crippen LogP contribution in [0.5, 0.6) is 0 Å². The molecule has 2 heterocycles. The van der Waals surface area contributed by atoms with Gasteiger partial charge in [0.05, 0.1) is 6.61 Å². The van der Waals surface area contributed by atoms with Crippen LogP contribution in [0.25, 0.3) is 0 Å². The van der Waals surface area contributed by atoms with Crippen molar-refractivity contribution in [1.29, 1.82) is 0 Å². The first-order chi connectivity index (χ1) is 6.66. The minimum atomic E-state index is 0.187. The van der Waals surface area contributed by atoms with Gasteiger partial charge in [-0.15, -0.1) is 0 Å². The highest BCUT2D eigenvalue weighted by atomic mass is 32.2. The van der Waals surface area contributed by atoms with Gasteiger partial charge in [0.15, 0.2) is 0 Å². The molecular weight excluding hydrogens is 194 g/mol. The molecule has 0 saturated carbocycles. The minimum Gasteiger partial charge on any atom is -0.361 e. The number of nitrogens with one attached hydrogen (secondary N) is 1. The highest BCUT2D eigenvalue weighted by Gasteiger charge is 2.32. The van der Waals surface area contributed by atoms with Crippen molar-refractivity contribution >= 4 is 11.8 Å². The monoisotopic (exact) mass is 215 g/mol. The molecule has 2 saturated heterocycles. The van der Waals surface area contributed by atoms with Gasteiger partial charge in [0.1, 0.15) is 6.23 Å². The zero-order chi connectivity index (χ0) is 10.0. The molecule has 0 aliphatic carbocycles. The maximum Gasteiger partial charge on any atom is 0.108 e. The zero-order valence-corrected chi connectivity index (χ0v) is 10.0. The number of rotatable bonds is 2. The van der Waals surface area contributed by atoms with Crippen LogP contribution in [-0.2, 0) is 4.74 Å². The molecule has 2 unspecified atom stereocenters. The molecule has 3 heteroatoms. The van der Waals surface area contributed by atoms with Crippen LogP contribution in [0, 0.1) is 5.92 Å². The maximum absolute atomic E-state index is 5.75. The average molecular weight is 215 g/mol. The zero-order valence-electron chi connectivity index (χ0n) is 9.21. The number of thioether (sulfide) groups is 1. The predicted octanol–water partition coefficient (Wildman–Crippen LogP) is 2.24. The normalized spacial score (nSPS) is 37.3. The standard InChI is InChI=1S/C11H21NOS/c1-11(2)8-13-10(12-11)6-9-4-3-5-14-7-9/h9-10,12H,3-8H2,1-2H3. The van der Waals surface area contributed by atoms with Crippen molar-refractivity contribution in [2.75, 3.05) is 18.1 Å². The van der Waals surface area contributed by atoms with Crippen molar-refractivity contribution in [3.05, 3.63) is 0 Å². The molecule has 2 aliphatic rings. The SMILES string of the molecule is CC1(C)COC(CC2CCCSC2)N1. The largest absolute Gasteiger partial charge is 0.361 e. The Balaban J connectivity index is 1.75. The second-order valence-electron chi connectivity index (χ2n) is 5.15. The first-order valence-electron chi connectivity index (χ1n) is 5.63. The van der Waals surface area contributed by atoms with Crippen LogP contribution >= 0.6 is 11.8 Å². The van der Waals surface area contributed by atoms with Crippen LogP contribution in [0.2, 0.25) is 0 Å². The van der Waals surface area contributed by atoms with Gasteiger partial charge in [0.25, 0.3) is 0 Å². The Morgan fingerprint density at radius 2 is 2.36 bits per heavy atom. The lowest BCUT2D eigenvalue weighted by Crippen LogP contribution is -2.40. The summed E-state index contributed by atoms with van der Waals surface area (Å²) in [4.78, 5) is 0. The van der Waals surface area contributed by atoms with E-state index in [1.165, 1.54) is 30.8 Å². The first-order valence-corrected chi connectivity index (χ1v) is 6.78. The molecule has 2 aliphatic heterocycles. The third kappa shape index (κ3) is 2.88. The Kier molecular flexibility index (Phi) is 3.40. The third-order valence-corrected chi connectivity index (χ3v) is 4.28. The summed E-state index contributed by atoms with van der Waals surface area (Å²) >= 11 is 2.10. The molecule has 0 aromatic rings. The van der Waals surface area contributed by atoms with E-state index in [1.807, 2.05) is 0 Å². The first kappa shape index (κ1) is 10.8. The lowest BCUT2D eigenvalue weighted by molar-refractivity contribution is 0.0789. The summed E-state index contributed by atoms with van der Waals surface area (Å²) in [7, 11) is 0. The summed E-state index contributed by atoms with van der Waals surface area (Å²) in [5, 5.41) is 3.55. The summed E-state index contributed by atoms with van der Waals surface area (Å²) in [6.07, 6.45) is 4.31. The van der Waals surface area contributed by atoms with Gasteiger partial charge in [-0.2, -0.15) is 11.8 Å². The topological polar surface area (TPSA) is 21.3 Å². The summed E-state index contributed by atoms with van der Waals surface area (Å²) in [5.41, 5.74) is 0.187. The second kappa shape index (κ2) is 4.42. The molecular formula is C11H21NOS. The van der Waals surface area contributed by atoms with E-state index >= 15 is 0 Å². The van der Waals surface area contributed by atoms with E-state index < -0.39 is 0 Å². The molecule has 14 heavy (non-hydrogen) atoms. The number of ether oxygens (including phenoxy) is 1. The van der Waals surface area contributed by atoms with E-state index in [9.17, 15) is 0 Å². The van der Waals surface area contributed by atoms with Crippen LogP contribution in [0.3, 0.4) is 0 Å². The van der Waals surface area contributed by atoms with Crippen molar-refractivity contribution in [2.45, 2.75) is 44.9 Å². The number of hydrogen-bond acceptors (Lipinski definition) is 3. The maximum atomic E-state index is 5.75. The fourth-order valence-corrected chi connectivity index (χ4v) is 3.42. The van der Waals surface area contributed by atoms with E-state index in [2.05, 4.69) is 30.9 Å². The summed E-state index contributed by atoms with van der Waals surface area (Å²) < 4.78 is 5.75. The second-order valence-corrected chi connectivity index (χ2v) is 6.30. The van der Waals surface area contributed by atoms with Crippen LogP contribution < -0.4 is 5.32 Å². The van der Waals surface area contributed by atoms with E-state index in [1.54, 1.807) is 0 Å². The minimum absolute atomic E-state index is 0.187. The van der Waals surface area contributed by atoms with Crippen molar-refractivity contribution in [3.8, 4) is 0 Å². The van der Waals surface area contributed by atoms with Crippen LogP contribution in [0.15, 0.2) is 0 Å². The summed E-state index contributed by atoms with van der Waals surface area (Å²) in [6, 6.07) is 0. The highest BCUT2D eigenvalue weighted by molar-refractivity contribution is 7.99. The van der Waals surface area contributed by atoms with Gasteiger partial charge in [0.2, 0.25) is 0 Å². The Hall–Kier alpha value is 0.270. The molecule has 0 aromatic heterocycles. The third-order valence-electron chi connectivity index (χ3n) is 3.00. The molecule has 0 amide bonds. The van der Waals surface area contributed by atoms with E-state index in [0.29, 0.717) is 6.23 Å². The van der Waals surface area contributed by atoms with Crippen LogP contribution in [0.4, 0.5) is 0 Å². The fourth-order valence-electron chi connectivity index (χ4n) is 2.25. The molecule has 0 bridgehead atoms. The molecule has 2 nitrogen and oxygen atoms in total. The quantitative estimate of drug-likeness (QED) is 0.763. The van der Waals surface area contributed by atoms with Crippen LogP contribution in [0.1, 0.15) is 33.1 Å². The van der Waals surface area contributed by atoms with Gasteiger partial charge < -0.3 is 4.74 Å². The van der Waals surface area contributed by atoms with E-state index in [0.717, 1.165) is 12.5 Å². The molecule has 0 aromatic carbocycles. The van der Waals surface area contributed by atoms with Gasteiger partial charge in [-0.25, -0.2) is 0 Å². The van der Waals surface area contributed by atoms with Crippen molar-refractivity contribution in [2.24, 2.45) is 5.92 Å². The molecule has 0 spiro atoms. The summed E-state index contributed by atoms with van der Waals surface area (Å²) in [5.74, 6) is 3.57. The van der Waals surface area contributed by atoms with Crippen molar-refractivity contribution < 1.29 is 4.74 Å².